The van der Waals surface area contributed by atoms with Gasteiger partial charge in [0, 0.05) is 10.6 Å². The van der Waals surface area contributed by atoms with Gasteiger partial charge in [0.25, 0.3) is 0 Å². The molecule has 0 amide bonds. The average molecular weight is 365 g/mol. The molecule has 0 aliphatic rings. The van der Waals surface area contributed by atoms with Crippen LogP contribution in [0.15, 0.2) is 78.9 Å². The average Bonchev–Trinajstić information content (AvgIpc) is 2.69. The second-order valence-electron chi connectivity index (χ2n) is 5.96. The number of halogens is 1. The molecule has 0 heterocycles. The lowest BCUT2D eigenvalue weighted by Gasteiger charge is -2.18. The van der Waals surface area contributed by atoms with Crippen LogP contribution < -0.4 is 4.74 Å². The Morgan fingerprint density at radius 1 is 0.885 bits per heavy atom. The van der Waals surface area contributed by atoms with E-state index in [1.807, 2.05) is 79.7 Å². The van der Waals surface area contributed by atoms with E-state index in [4.69, 9.17) is 21.1 Å². The lowest BCUT2D eigenvalue weighted by atomic mass is 10.1. The van der Waals surface area contributed by atoms with Gasteiger partial charge in [0.2, 0.25) is 0 Å². The van der Waals surface area contributed by atoms with E-state index in [-0.39, 0.29) is 6.10 Å². The van der Waals surface area contributed by atoms with E-state index in [0.717, 1.165) is 28.2 Å². The Balaban J connectivity index is 1.92. The first kappa shape index (κ1) is 18.1. The third kappa shape index (κ3) is 4.68. The SMILES string of the molecule is COc1ccc(/C=C(\OC(C)c2ccccc2)c2ccc(Cl)cc2)cc1. The molecule has 3 rings (SSSR count). The summed E-state index contributed by atoms with van der Waals surface area (Å²) in [6.45, 7) is 2.05. The Labute approximate surface area is 159 Å². The molecule has 0 saturated heterocycles. The topological polar surface area (TPSA) is 18.5 Å². The molecule has 0 spiro atoms. The van der Waals surface area contributed by atoms with Crippen LogP contribution >= 0.6 is 11.6 Å². The fourth-order valence-corrected chi connectivity index (χ4v) is 2.76. The van der Waals surface area contributed by atoms with Crippen molar-refractivity contribution in [3.63, 3.8) is 0 Å². The highest BCUT2D eigenvalue weighted by atomic mass is 35.5. The highest BCUT2D eigenvalue weighted by Crippen LogP contribution is 2.28. The molecule has 2 nitrogen and oxygen atoms in total. The zero-order valence-electron chi connectivity index (χ0n) is 14.9. The predicted octanol–water partition coefficient (Wildman–Crippen LogP) is 6.62. The number of rotatable bonds is 6. The van der Waals surface area contributed by atoms with Crippen molar-refractivity contribution >= 4 is 23.4 Å². The summed E-state index contributed by atoms with van der Waals surface area (Å²) < 4.78 is 11.5. The first-order valence-corrected chi connectivity index (χ1v) is 8.87. The van der Waals surface area contributed by atoms with Gasteiger partial charge in [-0.25, -0.2) is 0 Å². The number of hydrogen-bond donors (Lipinski definition) is 0. The summed E-state index contributed by atoms with van der Waals surface area (Å²) in [5.41, 5.74) is 3.14. The summed E-state index contributed by atoms with van der Waals surface area (Å²) in [7, 11) is 1.66. The maximum atomic E-state index is 6.31. The summed E-state index contributed by atoms with van der Waals surface area (Å²) in [4.78, 5) is 0. The Hall–Kier alpha value is -2.71. The molecule has 3 aromatic carbocycles. The molecule has 26 heavy (non-hydrogen) atoms. The van der Waals surface area contributed by atoms with Gasteiger partial charge in [0.1, 0.15) is 17.6 Å². The number of benzene rings is 3. The van der Waals surface area contributed by atoms with Crippen LogP contribution in [0, 0.1) is 0 Å². The van der Waals surface area contributed by atoms with Crippen LogP contribution in [-0.2, 0) is 4.74 Å². The van der Waals surface area contributed by atoms with Crippen LogP contribution in [0.2, 0.25) is 5.02 Å². The van der Waals surface area contributed by atoms with Gasteiger partial charge >= 0.3 is 0 Å². The Bertz CT molecular complexity index is 853. The van der Waals surface area contributed by atoms with Gasteiger partial charge in [-0.3, -0.25) is 0 Å². The van der Waals surface area contributed by atoms with Crippen molar-refractivity contribution in [2.45, 2.75) is 13.0 Å². The minimum atomic E-state index is -0.0728. The second-order valence-corrected chi connectivity index (χ2v) is 6.40. The molecular formula is C23H21ClO2. The van der Waals surface area contributed by atoms with E-state index in [1.165, 1.54) is 0 Å². The van der Waals surface area contributed by atoms with E-state index in [0.29, 0.717) is 5.02 Å². The van der Waals surface area contributed by atoms with Crippen LogP contribution in [0.3, 0.4) is 0 Å². The number of methoxy groups -OCH3 is 1. The zero-order chi connectivity index (χ0) is 18.4. The van der Waals surface area contributed by atoms with Gasteiger partial charge in [-0.1, -0.05) is 54.1 Å². The van der Waals surface area contributed by atoms with Crippen molar-refractivity contribution < 1.29 is 9.47 Å². The van der Waals surface area contributed by atoms with E-state index >= 15 is 0 Å². The van der Waals surface area contributed by atoms with Crippen LogP contribution in [0.1, 0.15) is 29.7 Å². The molecule has 0 aliphatic heterocycles. The van der Waals surface area contributed by atoms with Gasteiger partial charge in [-0.15, -0.1) is 0 Å². The van der Waals surface area contributed by atoms with Crippen molar-refractivity contribution in [3.8, 4) is 5.75 Å². The molecule has 1 unspecified atom stereocenters. The molecule has 3 aromatic rings. The van der Waals surface area contributed by atoms with E-state index in [1.54, 1.807) is 7.11 Å². The molecule has 3 heteroatoms. The van der Waals surface area contributed by atoms with Gasteiger partial charge in [-0.05, 0) is 60.5 Å². The van der Waals surface area contributed by atoms with Crippen molar-refractivity contribution in [3.05, 3.63) is 101 Å². The van der Waals surface area contributed by atoms with Gasteiger partial charge < -0.3 is 9.47 Å². The minimum absolute atomic E-state index is 0.0728. The molecule has 132 valence electrons. The smallest absolute Gasteiger partial charge is 0.128 e. The molecule has 0 aromatic heterocycles. The van der Waals surface area contributed by atoms with Gasteiger partial charge in [0.15, 0.2) is 0 Å². The number of ether oxygens (including phenoxy) is 2. The Morgan fingerprint density at radius 2 is 1.54 bits per heavy atom. The summed E-state index contributed by atoms with van der Waals surface area (Å²) in [5.74, 6) is 1.62. The van der Waals surface area contributed by atoms with Crippen molar-refractivity contribution in [2.75, 3.05) is 7.11 Å². The first-order valence-electron chi connectivity index (χ1n) is 8.49. The summed E-state index contributed by atoms with van der Waals surface area (Å²) in [6.07, 6.45) is 1.96. The van der Waals surface area contributed by atoms with Crippen LogP contribution in [0.25, 0.3) is 11.8 Å². The highest BCUT2D eigenvalue weighted by Gasteiger charge is 2.11. The first-order chi connectivity index (χ1) is 12.7. The van der Waals surface area contributed by atoms with Gasteiger partial charge in [0.05, 0.1) is 7.11 Å². The predicted molar refractivity (Wildman–Crippen MR) is 108 cm³/mol. The van der Waals surface area contributed by atoms with Crippen LogP contribution in [0.5, 0.6) is 5.75 Å². The molecule has 0 N–H and O–H groups in total. The molecule has 0 aliphatic carbocycles. The Morgan fingerprint density at radius 3 is 2.15 bits per heavy atom. The van der Waals surface area contributed by atoms with Crippen molar-refractivity contribution in [1.82, 2.24) is 0 Å². The molecule has 1 atom stereocenters. The quantitative estimate of drug-likeness (QED) is 0.361. The van der Waals surface area contributed by atoms with Gasteiger partial charge in [-0.2, -0.15) is 0 Å². The standard InChI is InChI=1S/C23H21ClO2/c1-17(19-6-4-3-5-7-19)26-23(20-10-12-21(24)13-11-20)16-18-8-14-22(25-2)15-9-18/h3-17H,1-2H3/b23-16-. The normalized spacial score (nSPS) is 12.5. The molecule has 0 radical (unpaired) electrons. The largest absolute Gasteiger partial charge is 0.497 e. The van der Waals surface area contributed by atoms with Crippen LogP contribution in [0.4, 0.5) is 0 Å². The third-order valence-electron chi connectivity index (χ3n) is 4.12. The maximum Gasteiger partial charge on any atom is 0.128 e. The molecule has 0 fully saturated rings. The van der Waals surface area contributed by atoms with E-state index in [9.17, 15) is 0 Å². The second kappa shape index (κ2) is 8.59. The highest BCUT2D eigenvalue weighted by molar-refractivity contribution is 6.30. The van der Waals surface area contributed by atoms with Crippen LogP contribution in [-0.4, -0.2) is 7.11 Å². The summed E-state index contributed by atoms with van der Waals surface area (Å²) in [6, 6.07) is 25.7. The molecule has 0 saturated carbocycles. The minimum Gasteiger partial charge on any atom is -0.497 e. The van der Waals surface area contributed by atoms with E-state index in [2.05, 4.69) is 12.1 Å². The fraction of sp³-hybridized carbons (Fsp3) is 0.130. The lowest BCUT2D eigenvalue weighted by Crippen LogP contribution is -2.00. The summed E-state index contributed by atoms with van der Waals surface area (Å²) >= 11 is 6.04. The lowest BCUT2D eigenvalue weighted by molar-refractivity contribution is 0.190. The number of hydrogen-bond acceptors (Lipinski definition) is 2. The molecule has 0 bridgehead atoms. The monoisotopic (exact) mass is 364 g/mol. The van der Waals surface area contributed by atoms with Crippen molar-refractivity contribution in [1.29, 1.82) is 0 Å². The maximum absolute atomic E-state index is 6.31. The fourth-order valence-electron chi connectivity index (χ4n) is 2.63. The zero-order valence-corrected chi connectivity index (χ0v) is 15.6. The Kier molecular flexibility index (Phi) is 5.98. The van der Waals surface area contributed by atoms with E-state index < -0.39 is 0 Å². The molecular weight excluding hydrogens is 344 g/mol. The summed E-state index contributed by atoms with van der Waals surface area (Å²) in [5, 5.41) is 0.702. The van der Waals surface area contributed by atoms with Crippen molar-refractivity contribution in [2.24, 2.45) is 0 Å². The third-order valence-corrected chi connectivity index (χ3v) is 4.37.